The number of benzene rings is 2. The molecule has 112 valence electrons. The second kappa shape index (κ2) is 7.43. The van der Waals surface area contributed by atoms with Crippen molar-refractivity contribution in [3.05, 3.63) is 64.4 Å². The molecule has 0 spiro atoms. The van der Waals surface area contributed by atoms with Gasteiger partial charge in [0.15, 0.2) is 0 Å². The van der Waals surface area contributed by atoms with Gasteiger partial charge in [-0.05, 0) is 42.7 Å². The van der Waals surface area contributed by atoms with Crippen molar-refractivity contribution in [2.24, 2.45) is 5.73 Å². The van der Waals surface area contributed by atoms with E-state index in [9.17, 15) is 4.39 Å². The van der Waals surface area contributed by atoms with Gasteiger partial charge >= 0.3 is 0 Å². The Morgan fingerprint density at radius 2 is 1.95 bits per heavy atom. The third-order valence-electron chi connectivity index (χ3n) is 3.37. The van der Waals surface area contributed by atoms with Crippen LogP contribution in [0.1, 0.15) is 24.5 Å². The first-order valence-corrected chi connectivity index (χ1v) is 7.38. The quantitative estimate of drug-likeness (QED) is 0.861. The molecule has 0 amide bonds. The van der Waals surface area contributed by atoms with Crippen molar-refractivity contribution in [2.45, 2.75) is 32.4 Å². The maximum Gasteiger partial charge on any atom is 0.129 e. The van der Waals surface area contributed by atoms with Crippen LogP contribution in [0.2, 0.25) is 5.02 Å². The minimum absolute atomic E-state index is 0.0549. The number of ether oxygens (including phenoxy) is 1. The van der Waals surface area contributed by atoms with Crippen molar-refractivity contribution in [1.29, 1.82) is 0 Å². The Hall–Kier alpha value is -1.58. The number of rotatable bonds is 6. The Bertz CT molecular complexity index is 603. The van der Waals surface area contributed by atoms with E-state index in [-0.39, 0.29) is 18.5 Å². The number of hydrogen-bond donors (Lipinski definition) is 1. The van der Waals surface area contributed by atoms with E-state index in [0.29, 0.717) is 22.8 Å². The van der Waals surface area contributed by atoms with E-state index in [0.717, 1.165) is 12.0 Å². The molecule has 0 aliphatic rings. The van der Waals surface area contributed by atoms with E-state index in [1.165, 1.54) is 6.07 Å². The van der Waals surface area contributed by atoms with Gasteiger partial charge in [-0.15, -0.1) is 0 Å². The molecule has 2 aromatic rings. The van der Waals surface area contributed by atoms with E-state index in [2.05, 4.69) is 0 Å². The van der Waals surface area contributed by atoms with Crippen LogP contribution in [0.3, 0.4) is 0 Å². The first-order valence-electron chi connectivity index (χ1n) is 7.00. The molecule has 0 aliphatic heterocycles. The van der Waals surface area contributed by atoms with Gasteiger partial charge in [0.1, 0.15) is 18.2 Å². The fourth-order valence-corrected chi connectivity index (χ4v) is 2.24. The van der Waals surface area contributed by atoms with Crippen molar-refractivity contribution in [3.8, 4) is 5.75 Å². The Morgan fingerprint density at radius 1 is 1.19 bits per heavy atom. The van der Waals surface area contributed by atoms with Crippen LogP contribution in [-0.4, -0.2) is 6.04 Å². The lowest BCUT2D eigenvalue weighted by atomic mass is 10.0. The molecule has 1 atom stereocenters. The summed E-state index contributed by atoms with van der Waals surface area (Å²) in [7, 11) is 0. The molecule has 1 unspecified atom stereocenters. The molecule has 0 aromatic heterocycles. The highest BCUT2D eigenvalue weighted by Gasteiger charge is 2.10. The maximum atomic E-state index is 13.6. The van der Waals surface area contributed by atoms with Gasteiger partial charge in [0.25, 0.3) is 0 Å². The molecule has 0 radical (unpaired) electrons. The highest BCUT2D eigenvalue weighted by Crippen LogP contribution is 2.25. The Balaban J connectivity index is 2.14. The fraction of sp³-hybridized carbons (Fsp3) is 0.294. The minimum atomic E-state index is -0.265. The molecular weight excluding hydrogens is 289 g/mol. The van der Waals surface area contributed by atoms with E-state index in [1.807, 2.05) is 13.0 Å². The van der Waals surface area contributed by atoms with Crippen molar-refractivity contribution >= 4 is 11.6 Å². The highest BCUT2D eigenvalue weighted by molar-refractivity contribution is 6.30. The van der Waals surface area contributed by atoms with Gasteiger partial charge in [-0.1, -0.05) is 36.7 Å². The van der Waals surface area contributed by atoms with Gasteiger partial charge in [0.2, 0.25) is 0 Å². The van der Waals surface area contributed by atoms with Crippen molar-refractivity contribution in [2.75, 3.05) is 0 Å². The third kappa shape index (κ3) is 4.45. The Labute approximate surface area is 129 Å². The van der Waals surface area contributed by atoms with Crippen LogP contribution in [0.15, 0.2) is 42.5 Å². The SMILES string of the molecule is CCC(N)Cc1cc(Cl)ccc1OCc1ccccc1F. The first kappa shape index (κ1) is 15.8. The van der Waals surface area contributed by atoms with Crippen molar-refractivity contribution < 1.29 is 9.13 Å². The number of nitrogens with two attached hydrogens (primary N) is 1. The lowest BCUT2D eigenvalue weighted by Gasteiger charge is -2.15. The van der Waals surface area contributed by atoms with Crippen molar-refractivity contribution in [1.82, 2.24) is 0 Å². The number of halogens is 2. The van der Waals surface area contributed by atoms with E-state index in [4.69, 9.17) is 22.1 Å². The first-order chi connectivity index (χ1) is 10.1. The molecule has 2 N–H and O–H groups in total. The van der Waals surface area contributed by atoms with Gasteiger partial charge in [0, 0.05) is 16.6 Å². The summed E-state index contributed by atoms with van der Waals surface area (Å²) in [5.74, 6) is 0.435. The van der Waals surface area contributed by atoms with Gasteiger partial charge in [-0.25, -0.2) is 4.39 Å². The Kier molecular flexibility index (Phi) is 5.59. The molecule has 0 fully saturated rings. The molecule has 0 heterocycles. The standard InChI is InChI=1S/C17H19ClFNO/c1-2-15(20)10-13-9-14(18)7-8-17(13)21-11-12-5-3-4-6-16(12)19/h3-9,15H,2,10-11,20H2,1H3. The average molecular weight is 308 g/mol. The van der Waals surface area contributed by atoms with Crippen LogP contribution in [0.4, 0.5) is 4.39 Å². The molecule has 2 rings (SSSR count). The van der Waals surface area contributed by atoms with E-state index >= 15 is 0 Å². The van der Waals surface area contributed by atoms with Crippen LogP contribution >= 0.6 is 11.6 Å². The lowest BCUT2D eigenvalue weighted by Crippen LogP contribution is -2.21. The summed E-state index contributed by atoms with van der Waals surface area (Å²) >= 11 is 6.03. The monoisotopic (exact) mass is 307 g/mol. The molecule has 21 heavy (non-hydrogen) atoms. The van der Waals surface area contributed by atoms with E-state index < -0.39 is 0 Å². The zero-order chi connectivity index (χ0) is 15.2. The van der Waals surface area contributed by atoms with Crippen molar-refractivity contribution in [3.63, 3.8) is 0 Å². The predicted molar refractivity (Wildman–Crippen MR) is 84.2 cm³/mol. The van der Waals surface area contributed by atoms with Crippen LogP contribution in [0, 0.1) is 5.82 Å². The summed E-state index contributed by atoms with van der Waals surface area (Å²) in [6.07, 6.45) is 1.56. The topological polar surface area (TPSA) is 35.2 Å². The normalized spacial score (nSPS) is 12.2. The van der Waals surface area contributed by atoms with Crippen LogP contribution in [-0.2, 0) is 13.0 Å². The summed E-state index contributed by atoms with van der Waals surface area (Å²) in [4.78, 5) is 0. The smallest absolute Gasteiger partial charge is 0.129 e. The molecule has 0 bridgehead atoms. The fourth-order valence-electron chi connectivity index (χ4n) is 2.05. The zero-order valence-corrected chi connectivity index (χ0v) is 12.7. The summed E-state index contributed by atoms with van der Waals surface area (Å²) < 4.78 is 19.4. The molecule has 2 aromatic carbocycles. The minimum Gasteiger partial charge on any atom is -0.489 e. The highest BCUT2D eigenvalue weighted by atomic mass is 35.5. The molecule has 2 nitrogen and oxygen atoms in total. The number of hydrogen-bond acceptors (Lipinski definition) is 2. The predicted octanol–water partition coefficient (Wildman–Crippen LogP) is 4.34. The lowest BCUT2D eigenvalue weighted by molar-refractivity contribution is 0.296. The molecule has 4 heteroatoms. The summed E-state index contributed by atoms with van der Waals surface area (Å²) in [6, 6.07) is 12.1. The third-order valence-corrected chi connectivity index (χ3v) is 3.61. The van der Waals surface area contributed by atoms with Gasteiger partial charge in [-0.3, -0.25) is 0 Å². The van der Waals surface area contributed by atoms with Crippen LogP contribution in [0.25, 0.3) is 0 Å². The molecule has 0 saturated carbocycles. The second-order valence-corrected chi connectivity index (χ2v) is 5.44. The van der Waals surface area contributed by atoms with Gasteiger partial charge < -0.3 is 10.5 Å². The Morgan fingerprint density at radius 3 is 2.67 bits per heavy atom. The zero-order valence-electron chi connectivity index (χ0n) is 12.0. The van der Waals surface area contributed by atoms with Gasteiger partial charge in [0.05, 0.1) is 0 Å². The largest absolute Gasteiger partial charge is 0.489 e. The molecule has 0 saturated heterocycles. The molecular formula is C17H19ClFNO. The van der Waals surface area contributed by atoms with Gasteiger partial charge in [-0.2, -0.15) is 0 Å². The maximum absolute atomic E-state index is 13.6. The average Bonchev–Trinajstić information content (AvgIpc) is 2.48. The second-order valence-electron chi connectivity index (χ2n) is 5.00. The summed E-state index contributed by atoms with van der Waals surface area (Å²) in [5.41, 5.74) is 7.47. The molecule has 0 aliphatic carbocycles. The summed E-state index contributed by atoms with van der Waals surface area (Å²) in [5, 5.41) is 0.645. The summed E-state index contributed by atoms with van der Waals surface area (Å²) in [6.45, 7) is 2.22. The van der Waals surface area contributed by atoms with Crippen LogP contribution < -0.4 is 10.5 Å². The van der Waals surface area contributed by atoms with E-state index in [1.54, 1.807) is 30.3 Å². The van der Waals surface area contributed by atoms with Crippen LogP contribution in [0.5, 0.6) is 5.75 Å².